The maximum Gasteiger partial charge on any atom is 0.262 e. The number of rotatable bonds is 6. The van der Waals surface area contributed by atoms with Crippen molar-refractivity contribution in [2.45, 2.75) is 25.7 Å². The van der Waals surface area contributed by atoms with Gasteiger partial charge in [-0.3, -0.25) is 4.79 Å². The summed E-state index contributed by atoms with van der Waals surface area (Å²) >= 11 is 0. The van der Waals surface area contributed by atoms with E-state index in [0.717, 1.165) is 37.6 Å². The molecule has 1 N–H and O–H groups in total. The van der Waals surface area contributed by atoms with Crippen LogP contribution in [0.1, 0.15) is 25.7 Å². The summed E-state index contributed by atoms with van der Waals surface area (Å²) in [5.74, 6) is 0.580. The number of nitrogens with one attached hydrogen (secondary N) is 1. The number of para-hydroxylation sites is 1. The maximum atomic E-state index is 12.5. The van der Waals surface area contributed by atoms with E-state index >= 15 is 0 Å². The van der Waals surface area contributed by atoms with E-state index in [2.05, 4.69) is 33.3 Å². The molecule has 0 aromatic heterocycles. The number of ether oxygens (including phenoxy) is 1. The molecule has 2 aromatic rings. The average molecular weight is 365 g/mol. The summed E-state index contributed by atoms with van der Waals surface area (Å²) in [6.45, 7) is 4.29. The van der Waals surface area contributed by atoms with Gasteiger partial charge in [-0.2, -0.15) is 0 Å². The summed E-state index contributed by atoms with van der Waals surface area (Å²) < 4.78 is 5.60. The van der Waals surface area contributed by atoms with E-state index in [1.165, 1.54) is 31.4 Å². The van der Waals surface area contributed by atoms with Crippen LogP contribution in [-0.4, -0.2) is 38.7 Å². The van der Waals surface area contributed by atoms with E-state index in [1.54, 1.807) is 0 Å². The maximum absolute atomic E-state index is 12.5. The van der Waals surface area contributed by atoms with Crippen LogP contribution in [0.15, 0.2) is 48.5 Å². The van der Waals surface area contributed by atoms with Gasteiger partial charge >= 0.3 is 0 Å². The van der Waals surface area contributed by atoms with Crippen LogP contribution in [0.25, 0.3) is 0 Å². The lowest BCUT2D eigenvalue weighted by Crippen LogP contribution is -2.25. The smallest absolute Gasteiger partial charge is 0.262 e. The molecule has 0 spiro atoms. The number of nitrogens with zero attached hydrogens (tertiary/aromatic N) is 2. The molecule has 1 amide bonds. The minimum Gasteiger partial charge on any atom is -0.484 e. The normalized spacial score (nSPS) is 16.6. The standard InChI is InChI=1S/C22H27N3O2/c26-22(17-27-19-8-2-1-3-9-19)23-20-16-18(24-12-4-5-13-24)10-11-21(20)25-14-6-7-15-25/h1-3,8-11,16H,4-7,12-15,17H2,(H,23,26). The highest BCUT2D eigenvalue weighted by Crippen LogP contribution is 2.34. The Hall–Kier alpha value is -2.69. The van der Waals surface area contributed by atoms with E-state index in [0.29, 0.717) is 5.75 Å². The Bertz CT molecular complexity index is 766. The zero-order chi connectivity index (χ0) is 18.5. The molecule has 2 saturated heterocycles. The van der Waals surface area contributed by atoms with Crippen molar-refractivity contribution < 1.29 is 9.53 Å². The van der Waals surface area contributed by atoms with Crippen molar-refractivity contribution in [1.29, 1.82) is 0 Å². The van der Waals surface area contributed by atoms with E-state index in [-0.39, 0.29) is 12.5 Å². The minimum absolute atomic E-state index is 0.0113. The predicted molar refractivity (Wildman–Crippen MR) is 110 cm³/mol. The molecule has 0 saturated carbocycles. The molecular weight excluding hydrogens is 338 g/mol. The van der Waals surface area contributed by atoms with Crippen molar-refractivity contribution in [1.82, 2.24) is 0 Å². The van der Waals surface area contributed by atoms with Crippen molar-refractivity contribution in [3.05, 3.63) is 48.5 Å². The second-order valence-corrected chi connectivity index (χ2v) is 7.24. The number of hydrogen-bond acceptors (Lipinski definition) is 4. The third kappa shape index (κ3) is 4.35. The second kappa shape index (κ2) is 8.33. The SMILES string of the molecule is O=C(COc1ccccc1)Nc1cc(N2CCCC2)ccc1N1CCCC1. The average Bonchev–Trinajstić information content (AvgIpc) is 3.41. The van der Waals surface area contributed by atoms with Crippen molar-refractivity contribution in [3.63, 3.8) is 0 Å². The number of benzene rings is 2. The zero-order valence-electron chi connectivity index (χ0n) is 15.7. The first-order valence-corrected chi connectivity index (χ1v) is 9.91. The van der Waals surface area contributed by atoms with Crippen molar-refractivity contribution in [3.8, 4) is 5.75 Å². The molecule has 5 heteroatoms. The highest BCUT2D eigenvalue weighted by Gasteiger charge is 2.20. The quantitative estimate of drug-likeness (QED) is 0.843. The Labute approximate surface area is 160 Å². The van der Waals surface area contributed by atoms with E-state index in [4.69, 9.17) is 4.74 Å². The zero-order valence-corrected chi connectivity index (χ0v) is 15.7. The van der Waals surface area contributed by atoms with Gasteiger partial charge in [0.25, 0.3) is 5.91 Å². The molecule has 5 nitrogen and oxygen atoms in total. The van der Waals surface area contributed by atoms with Gasteiger partial charge in [-0.15, -0.1) is 0 Å². The summed E-state index contributed by atoms with van der Waals surface area (Å²) in [6.07, 6.45) is 4.89. The molecular formula is C22H27N3O2. The fourth-order valence-corrected chi connectivity index (χ4v) is 3.88. The van der Waals surface area contributed by atoms with E-state index < -0.39 is 0 Å². The Kier molecular flexibility index (Phi) is 5.47. The van der Waals surface area contributed by atoms with Gasteiger partial charge in [0, 0.05) is 31.9 Å². The molecule has 0 radical (unpaired) electrons. The van der Waals surface area contributed by atoms with Gasteiger partial charge in [-0.1, -0.05) is 18.2 Å². The summed E-state index contributed by atoms with van der Waals surface area (Å²) in [5, 5.41) is 3.09. The first-order valence-electron chi connectivity index (χ1n) is 9.91. The number of carbonyl (C=O) groups excluding carboxylic acids is 1. The van der Waals surface area contributed by atoms with Gasteiger partial charge in [-0.25, -0.2) is 0 Å². The highest BCUT2D eigenvalue weighted by molar-refractivity contribution is 5.96. The highest BCUT2D eigenvalue weighted by atomic mass is 16.5. The molecule has 0 bridgehead atoms. The topological polar surface area (TPSA) is 44.8 Å². The minimum atomic E-state index is -0.127. The van der Waals surface area contributed by atoms with Gasteiger partial charge in [0.05, 0.1) is 11.4 Å². The molecule has 0 aliphatic carbocycles. The first-order chi connectivity index (χ1) is 13.3. The molecule has 27 heavy (non-hydrogen) atoms. The number of carbonyl (C=O) groups is 1. The Balaban J connectivity index is 1.49. The number of hydrogen-bond donors (Lipinski definition) is 1. The van der Waals surface area contributed by atoms with Gasteiger partial charge in [-0.05, 0) is 56.0 Å². The fourth-order valence-electron chi connectivity index (χ4n) is 3.88. The van der Waals surface area contributed by atoms with Crippen LogP contribution in [0, 0.1) is 0 Å². The predicted octanol–water partition coefficient (Wildman–Crippen LogP) is 3.90. The number of anilines is 3. The van der Waals surface area contributed by atoms with Crippen LogP contribution in [0.4, 0.5) is 17.1 Å². The van der Waals surface area contributed by atoms with Crippen LogP contribution in [0.5, 0.6) is 5.75 Å². The van der Waals surface area contributed by atoms with Crippen molar-refractivity contribution >= 4 is 23.0 Å². The fraction of sp³-hybridized carbons (Fsp3) is 0.409. The largest absolute Gasteiger partial charge is 0.484 e. The molecule has 2 fully saturated rings. The Morgan fingerprint density at radius 2 is 1.56 bits per heavy atom. The molecule has 4 rings (SSSR count). The van der Waals surface area contributed by atoms with Crippen LogP contribution < -0.4 is 19.9 Å². The van der Waals surface area contributed by atoms with Crippen LogP contribution in [0.2, 0.25) is 0 Å². The Morgan fingerprint density at radius 1 is 0.889 bits per heavy atom. The van der Waals surface area contributed by atoms with Crippen molar-refractivity contribution in [2.75, 3.05) is 47.9 Å². The van der Waals surface area contributed by atoms with E-state index in [9.17, 15) is 4.79 Å². The molecule has 2 aliphatic heterocycles. The monoisotopic (exact) mass is 365 g/mol. The lowest BCUT2D eigenvalue weighted by Gasteiger charge is -2.25. The van der Waals surface area contributed by atoms with Gasteiger partial charge in [0.1, 0.15) is 5.75 Å². The van der Waals surface area contributed by atoms with Gasteiger partial charge < -0.3 is 19.9 Å². The lowest BCUT2D eigenvalue weighted by atomic mass is 10.2. The van der Waals surface area contributed by atoms with E-state index in [1.807, 2.05) is 30.3 Å². The Morgan fingerprint density at radius 3 is 2.26 bits per heavy atom. The van der Waals surface area contributed by atoms with Crippen LogP contribution in [-0.2, 0) is 4.79 Å². The summed E-state index contributed by atoms with van der Waals surface area (Å²) in [7, 11) is 0. The van der Waals surface area contributed by atoms with Gasteiger partial charge in [0.2, 0.25) is 0 Å². The van der Waals surface area contributed by atoms with Gasteiger partial charge in [0.15, 0.2) is 6.61 Å². The summed E-state index contributed by atoms with van der Waals surface area (Å²) in [6, 6.07) is 15.9. The third-order valence-corrected chi connectivity index (χ3v) is 5.29. The molecule has 0 atom stereocenters. The first kappa shape index (κ1) is 17.7. The second-order valence-electron chi connectivity index (χ2n) is 7.24. The molecule has 2 heterocycles. The lowest BCUT2D eigenvalue weighted by molar-refractivity contribution is -0.118. The molecule has 2 aromatic carbocycles. The third-order valence-electron chi connectivity index (χ3n) is 5.29. The molecule has 142 valence electrons. The van der Waals surface area contributed by atoms with Crippen LogP contribution in [0.3, 0.4) is 0 Å². The number of amides is 1. The van der Waals surface area contributed by atoms with Crippen molar-refractivity contribution in [2.24, 2.45) is 0 Å². The molecule has 0 unspecified atom stereocenters. The van der Waals surface area contributed by atoms with Crippen LogP contribution >= 0.6 is 0 Å². The molecule has 2 aliphatic rings. The summed E-state index contributed by atoms with van der Waals surface area (Å²) in [5.41, 5.74) is 3.20. The summed E-state index contributed by atoms with van der Waals surface area (Å²) in [4.78, 5) is 17.3.